The number of hydrogen-bond donors (Lipinski definition) is 2. The fourth-order valence-electron chi connectivity index (χ4n) is 1.30. The zero-order valence-corrected chi connectivity index (χ0v) is 11.6. The van der Waals surface area contributed by atoms with E-state index in [1.165, 1.54) is 12.1 Å². The molecule has 0 spiro atoms. The summed E-state index contributed by atoms with van der Waals surface area (Å²) in [7, 11) is -3.66. The van der Waals surface area contributed by atoms with Crippen LogP contribution >= 0.6 is 0 Å². The SMILES string of the molecule is CCCNS(=O)(=O)c1ccccc1NN=C(C#N)C#N. The molecule has 0 aromatic heterocycles. The van der Waals surface area contributed by atoms with Crippen LogP contribution < -0.4 is 10.1 Å². The Morgan fingerprint density at radius 1 is 1.30 bits per heavy atom. The molecule has 2 N–H and O–H groups in total. The molecule has 8 heteroatoms. The summed E-state index contributed by atoms with van der Waals surface area (Å²) in [6.07, 6.45) is 0.667. The van der Waals surface area contributed by atoms with Gasteiger partial charge in [0.1, 0.15) is 17.0 Å². The first-order valence-electron chi connectivity index (χ1n) is 5.77. The predicted molar refractivity (Wildman–Crippen MR) is 74.2 cm³/mol. The minimum atomic E-state index is -3.66. The number of para-hydroxylation sites is 1. The van der Waals surface area contributed by atoms with Crippen molar-refractivity contribution in [2.24, 2.45) is 5.10 Å². The maximum Gasteiger partial charge on any atom is 0.242 e. The van der Waals surface area contributed by atoms with E-state index in [-0.39, 0.29) is 10.6 Å². The van der Waals surface area contributed by atoms with Gasteiger partial charge in [-0.15, -0.1) is 0 Å². The molecule has 1 rings (SSSR count). The second-order valence-electron chi connectivity index (χ2n) is 3.69. The molecule has 0 aliphatic heterocycles. The number of nitriles is 2. The van der Waals surface area contributed by atoms with E-state index < -0.39 is 15.7 Å². The molecular weight excluding hydrogens is 278 g/mol. The summed E-state index contributed by atoms with van der Waals surface area (Å²) < 4.78 is 26.6. The Balaban J connectivity index is 3.10. The minimum Gasteiger partial charge on any atom is -0.275 e. The fraction of sp³-hybridized carbons (Fsp3) is 0.250. The lowest BCUT2D eigenvalue weighted by atomic mass is 10.3. The zero-order chi connectivity index (χ0) is 15.0. The van der Waals surface area contributed by atoms with E-state index in [0.29, 0.717) is 13.0 Å². The lowest BCUT2D eigenvalue weighted by Gasteiger charge is -2.10. The maximum atomic E-state index is 12.1. The average Bonchev–Trinajstić information content (AvgIpc) is 2.46. The number of nitrogens with one attached hydrogen (secondary N) is 2. The van der Waals surface area contributed by atoms with Crippen LogP contribution in [-0.2, 0) is 10.0 Å². The number of nitrogens with zero attached hydrogens (tertiary/aromatic N) is 3. The molecule has 0 saturated carbocycles. The van der Waals surface area contributed by atoms with Gasteiger partial charge in [-0.3, -0.25) is 5.43 Å². The standard InChI is InChI=1S/C12H13N5O2S/c1-2-7-15-20(18,19)12-6-4-3-5-11(12)17-16-10(8-13)9-14/h3-6,15,17H,2,7H2,1H3. The Morgan fingerprint density at radius 3 is 2.55 bits per heavy atom. The van der Waals surface area contributed by atoms with Crippen LogP contribution in [0.25, 0.3) is 0 Å². The molecule has 0 unspecified atom stereocenters. The van der Waals surface area contributed by atoms with Crippen molar-refractivity contribution in [1.29, 1.82) is 10.5 Å². The molecular formula is C12H13N5O2S. The smallest absolute Gasteiger partial charge is 0.242 e. The monoisotopic (exact) mass is 291 g/mol. The molecule has 7 nitrogen and oxygen atoms in total. The number of hydrogen-bond acceptors (Lipinski definition) is 6. The first kappa shape index (κ1) is 15.6. The van der Waals surface area contributed by atoms with Crippen LogP contribution in [0.3, 0.4) is 0 Å². The number of benzene rings is 1. The summed E-state index contributed by atoms with van der Waals surface area (Å²) >= 11 is 0. The summed E-state index contributed by atoms with van der Waals surface area (Å²) in [6.45, 7) is 2.17. The highest BCUT2D eigenvalue weighted by molar-refractivity contribution is 7.89. The molecule has 0 bridgehead atoms. The Hall–Kier alpha value is -2.42. The van der Waals surface area contributed by atoms with E-state index in [1.807, 2.05) is 6.92 Å². The van der Waals surface area contributed by atoms with E-state index in [9.17, 15) is 8.42 Å². The molecule has 1 aromatic carbocycles. The average molecular weight is 291 g/mol. The molecule has 0 aliphatic rings. The van der Waals surface area contributed by atoms with Gasteiger partial charge in [0.25, 0.3) is 0 Å². The van der Waals surface area contributed by atoms with Gasteiger partial charge < -0.3 is 0 Å². The van der Waals surface area contributed by atoms with Crippen molar-refractivity contribution >= 4 is 21.4 Å². The molecule has 0 saturated heterocycles. The van der Waals surface area contributed by atoms with Crippen molar-refractivity contribution in [3.63, 3.8) is 0 Å². The lowest BCUT2D eigenvalue weighted by molar-refractivity contribution is 0.581. The van der Waals surface area contributed by atoms with Gasteiger partial charge in [0, 0.05) is 6.54 Å². The van der Waals surface area contributed by atoms with E-state index >= 15 is 0 Å². The van der Waals surface area contributed by atoms with Gasteiger partial charge in [-0.05, 0) is 18.6 Å². The molecule has 0 heterocycles. The molecule has 0 radical (unpaired) electrons. The number of anilines is 1. The van der Waals surface area contributed by atoms with Crippen molar-refractivity contribution in [1.82, 2.24) is 4.72 Å². The van der Waals surface area contributed by atoms with Crippen LogP contribution in [0.1, 0.15) is 13.3 Å². The summed E-state index contributed by atoms with van der Waals surface area (Å²) in [5.41, 5.74) is 2.23. The Labute approximate surface area is 117 Å². The topological polar surface area (TPSA) is 118 Å². The van der Waals surface area contributed by atoms with Crippen LogP contribution in [0.4, 0.5) is 5.69 Å². The summed E-state index contributed by atoms with van der Waals surface area (Å²) in [5.74, 6) is 0. The maximum absolute atomic E-state index is 12.1. The van der Waals surface area contributed by atoms with Crippen molar-refractivity contribution < 1.29 is 8.42 Å². The third kappa shape index (κ3) is 4.05. The van der Waals surface area contributed by atoms with E-state index in [0.717, 1.165) is 0 Å². The number of hydrazone groups is 1. The van der Waals surface area contributed by atoms with Crippen molar-refractivity contribution in [3.8, 4) is 12.1 Å². The fourth-order valence-corrected chi connectivity index (χ4v) is 2.59. The molecule has 104 valence electrons. The van der Waals surface area contributed by atoms with Gasteiger partial charge in [0.15, 0.2) is 0 Å². The van der Waals surface area contributed by atoms with Crippen LogP contribution in [0.15, 0.2) is 34.3 Å². The van der Waals surface area contributed by atoms with E-state index in [2.05, 4.69) is 15.2 Å². The summed E-state index contributed by atoms with van der Waals surface area (Å²) in [6, 6.07) is 9.25. The van der Waals surface area contributed by atoms with E-state index in [4.69, 9.17) is 10.5 Å². The molecule has 20 heavy (non-hydrogen) atoms. The number of rotatable bonds is 6. The Kier molecular flexibility index (Phi) is 5.66. The molecule has 0 aliphatic carbocycles. The molecule has 0 fully saturated rings. The van der Waals surface area contributed by atoms with Gasteiger partial charge >= 0.3 is 0 Å². The second-order valence-corrected chi connectivity index (χ2v) is 5.43. The van der Waals surface area contributed by atoms with Crippen molar-refractivity contribution in [2.45, 2.75) is 18.2 Å². The summed E-state index contributed by atoms with van der Waals surface area (Å²) in [4.78, 5) is 0.00688. The zero-order valence-electron chi connectivity index (χ0n) is 10.8. The largest absolute Gasteiger partial charge is 0.275 e. The quantitative estimate of drug-likeness (QED) is 0.603. The lowest BCUT2D eigenvalue weighted by Crippen LogP contribution is -2.25. The molecule has 1 aromatic rings. The van der Waals surface area contributed by atoms with Crippen molar-refractivity contribution in [2.75, 3.05) is 12.0 Å². The highest BCUT2D eigenvalue weighted by Gasteiger charge is 2.17. The van der Waals surface area contributed by atoms with Gasteiger partial charge in [-0.2, -0.15) is 15.6 Å². The van der Waals surface area contributed by atoms with Crippen molar-refractivity contribution in [3.05, 3.63) is 24.3 Å². The first-order chi connectivity index (χ1) is 9.55. The third-order valence-corrected chi connectivity index (χ3v) is 3.74. The predicted octanol–water partition coefficient (Wildman–Crippen LogP) is 1.19. The first-order valence-corrected chi connectivity index (χ1v) is 7.26. The van der Waals surface area contributed by atoms with Gasteiger partial charge in [-0.1, -0.05) is 19.1 Å². The van der Waals surface area contributed by atoms with Gasteiger partial charge in [-0.25, -0.2) is 13.1 Å². The normalized spacial score (nSPS) is 10.2. The number of sulfonamides is 1. The minimum absolute atomic E-state index is 0.00688. The second kappa shape index (κ2) is 7.24. The summed E-state index contributed by atoms with van der Waals surface area (Å²) in [5, 5.41) is 20.7. The van der Waals surface area contributed by atoms with Gasteiger partial charge in [0.05, 0.1) is 5.69 Å². The third-order valence-electron chi connectivity index (χ3n) is 2.22. The van der Waals surface area contributed by atoms with Crippen LogP contribution in [0.2, 0.25) is 0 Å². The van der Waals surface area contributed by atoms with Crippen LogP contribution in [0, 0.1) is 22.7 Å². The van der Waals surface area contributed by atoms with Gasteiger partial charge in [0.2, 0.25) is 15.7 Å². The van der Waals surface area contributed by atoms with Crippen LogP contribution in [0.5, 0.6) is 0 Å². The van der Waals surface area contributed by atoms with E-state index in [1.54, 1.807) is 24.3 Å². The molecule has 0 amide bonds. The van der Waals surface area contributed by atoms with Crippen LogP contribution in [-0.4, -0.2) is 20.7 Å². The highest BCUT2D eigenvalue weighted by atomic mass is 32.2. The Morgan fingerprint density at radius 2 is 1.95 bits per heavy atom. The highest BCUT2D eigenvalue weighted by Crippen LogP contribution is 2.20. The molecule has 0 atom stereocenters. The Bertz CT molecular complexity index is 667.